The maximum atomic E-state index is 11.8. The fraction of sp³-hybridized carbons (Fsp3) is 0.286. The maximum absolute atomic E-state index is 11.8. The van der Waals surface area contributed by atoms with Gasteiger partial charge in [0.25, 0.3) is 0 Å². The van der Waals surface area contributed by atoms with Crippen molar-refractivity contribution in [2.75, 3.05) is 24.2 Å². The second-order valence-corrected chi connectivity index (χ2v) is 5.57. The molecule has 2 amide bonds. The number of benzene rings is 1. The summed E-state index contributed by atoms with van der Waals surface area (Å²) in [5.74, 6) is 0. The van der Waals surface area contributed by atoms with Crippen molar-refractivity contribution in [3.63, 3.8) is 0 Å². The Hall–Kier alpha value is -2.20. The van der Waals surface area contributed by atoms with E-state index in [1.165, 1.54) is 0 Å². The first-order valence-corrected chi connectivity index (χ1v) is 7.75. The highest BCUT2D eigenvalue weighted by atomic mass is 32.1. The number of aliphatic hydroxyl groups excluding tert-OH is 2. The molecule has 124 valence electrons. The Balaban J connectivity index is 2.21. The van der Waals surface area contributed by atoms with Crippen molar-refractivity contribution in [2.24, 2.45) is 5.73 Å². The second-order valence-electron chi connectivity index (χ2n) is 4.80. The standard InChI is InChI=1S/C14H19N5O3S/c15-9-4-2-8(3-5-9)11-10(12(16)21)13(23-19-11)18-14(22)17-6-1-7-20/h2-5,12,20-21H,1,6-7,15-16H2,(H2,17,18,22). The maximum Gasteiger partial charge on any atom is 0.319 e. The summed E-state index contributed by atoms with van der Waals surface area (Å²) in [7, 11) is 0. The summed E-state index contributed by atoms with van der Waals surface area (Å²) in [6.45, 7) is 0.335. The molecule has 0 aliphatic heterocycles. The van der Waals surface area contributed by atoms with Crippen LogP contribution >= 0.6 is 11.5 Å². The SMILES string of the molecule is Nc1ccc(-c2nsc(NC(=O)NCCCO)c2C(N)O)cc1. The van der Waals surface area contributed by atoms with Crippen molar-refractivity contribution in [3.8, 4) is 11.3 Å². The smallest absolute Gasteiger partial charge is 0.319 e. The van der Waals surface area contributed by atoms with Gasteiger partial charge < -0.3 is 27.0 Å². The summed E-state index contributed by atoms with van der Waals surface area (Å²) in [4.78, 5) is 11.8. The van der Waals surface area contributed by atoms with Gasteiger partial charge in [0.05, 0.1) is 11.3 Å². The number of amides is 2. The van der Waals surface area contributed by atoms with Crippen LogP contribution in [0.5, 0.6) is 0 Å². The van der Waals surface area contributed by atoms with Crippen molar-refractivity contribution >= 4 is 28.3 Å². The molecule has 1 aromatic heterocycles. The van der Waals surface area contributed by atoms with E-state index in [1.807, 2.05) is 0 Å². The molecule has 0 radical (unpaired) electrons. The third-order valence-electron chi connectivity index (χ3n) is 3.06. The largest absolute Gasteiger partial charge is 0.399 e. The van der Waals surface area contributed by atoms with Crippen LogP contribution < -0.4 is 22.1 Å². The molecule has 2 rings (SSSR count). The predicted octanol–water partition coefficient (Wildman–Crippen LogP) is 0.846. The minimum Gasteiger partial charge on any atom is -0.399 e. The molecule has 1 atom stereocenters. The van der Waals surface area contributed by atoms with E-state index in [2.05, 4.69) is 15.0 Å². The summed E-state index contributed by atoms with van der Waals surface area (Å²) >= 11 is 1.03. The third-order valence-corrected chi connectivity index (χ3v) is 3.83. The van der Waals surface area contributed by atoms with Gasteiger partial charge in [0, 0.05) is 24.4 Å². The molecule has 1 unspecified atom stereocenters. The van der Waals surface area contributed by atoms with E-state index in [9.17, 15) is 9.90 Å². The topological polar surface area (TPSA) is 147 Å². The van der Waals surface area contributed by atoms with Gasteiger partial charge in [-0.2, -0.15) is 4.37 Å². The predicted molar refractivity (Wildman–Crippen MR) is 89.8 cm³/mol. The van der Waals surface area contributed by atoms with Crippen molar-refractivity contribution in [1.29, 1.82) is 0 Å². The lowest BCUT2D eigenvalue weighted by Gasteiger charge is -2.10. The molecule has 0 aliphatic carbocycles. The van der Waals surface area contributed by atoms with E-state index in [0.717, 1.165) is 17.1 Å². The first-order valence-electron chi connectivity index (χ1n) is 6.97. The number of hydrogen-bond donors (Lipinski definition) is 6. The van der Waals surface area contributed by atoms with Crippen LogP contribution in [-0.2, 0) is 0 Å². The summed E-state index contributed by atoms with van der Waals surface area (Å²) in [6.07, 6.45) is -0.826. The lowest BCUT2D eigenvalue weighted by Crippen LogP contribution is -2.30. The number of carbonyl (C=O) groups is 1. The monoisotopic (exact) mass is 337 g/mol. The average Bonchev–Trinajstić information content (AvgIpc) is 2.92. The average molecular weight is 337 g/mol. The summed E-state index contributed by atoms with van der Waals surface area (Å²) in [6, 6.07) is 6.52. The lowest BCUT2D eigenvalue weighted by atomic mass is 10.1. The molecular weight excluding hydrogens is 318 g/mol. The molecule has 23 heavy (non-hydrogen) atoms. The van der Waals surface area contributed by atoms with Gasteiger partial charge in [-0.1, -0.05) is 12.1 Å². The zero-order valence-electron chi connectivity index (χ0n) is 12.3. The summed E-state index contributed by atoms with van der Waals surface area (Å²) in [5, 5.41) is 24.1. The zero-order chi connectivity index (χ0) is 16.8. The number of carbonyl (C=O) groups excluding carboxylic acids is 1. The van der Waals surface area contributed by atoms with Gasteiger partial charge in [0.1, 0.15) is 11.2 Å². The molecule has 8 nitrogen and oxygen atoms in total. The van der Waals surface area contributed by atoms with Gasteiger partial charge in [-0.15, -0.1) is 0 Å². The van der Waals surface area contributed by atoms with Crippen LogP contribution in [0.3, 0.4) is 0 Å². The highest BCUT2D eigenvalue weighted by molar-refractivity contribution is 7.10. The number of rotatable bonds is 6. The summed E-state index contributed by atoms with van der Waals surface area (Å²) in [5.41, 5.74) is 13.5. The Kier molecular flexibility index (Phi) is 5.88. The molecule has 0 spiro atoms. The molecule has 0 aliphatic rings. The fourth-order valence-electron chi connectivity index (χ4n) is 1.94. The first kappa shape index (κ1) is 17.2. The highest BCUT2D eigenvalue weighted by Gasteiger charge is 2.21. The van der Waals surface area contributed by atoms with E-state index >= 15 is 0 Å². The number of anilines is 2. The molecule has 8 N–H and O–H groups in total. The molecule has 1 aromatic carbocycles. The van der Waals surface area contributed by atoms with Crippen LogP contribution in [0, 0.1) is 0 Å². The number of nitrogens with zero attached hydrogens (tertiary/aromatic N) is 1. The van der Waals surface area contributed by atoms with Crippen molar-refractivity contribution in [3.05, 3.63) is 29.8 Å². The van der Waals surface area contributed by atoms with Gasteiger partial charge in [-0.3, -0.25) is 5.32 Å². The van der Waals surface area contributed by atoms with Crippen LogP contribution in [0.15, 0.2) is 24.3 Å². The minimum absolute atomic E-state index is 0.00507. The lowest BCUT2D eigenvalue weighted by molar-refractivity contribution is 0.188. The Bertz CT molecular complexity index is 657. The van der Waals surface area contributed by atoms with Crippen molar-refractivity contribution in [2.45, 2.75) is 12.6 Å². The molecule has 0 saturated carbocycles. The minimum atomic E-state index is -1.28. The molecule has 0 bridgehead atoms. The van der Waals surface area contributed by atoms with Gasteiger partial charge in [0.2, 0.25) is 0 Å². The molecule has 0 saturated heterocycles. The van der Waals surface area contributed by atoms with E-state index in [-0.39, 0.29) is 6.61 Å². The molecule has 2 aromatic rings. The van der Waals surface area contributed by atoms with Gasteiger partial charge in [0.15, 0.2) is 0 Å². The number of aliphatic hydroxyl groups is 2. The Morgan fingerprint density at radius 3 is 2.65 bits per heavy atom. The van der Waals surface area contributed by atoms with Crippen LogP contribution in [0.1, 0.15) is 18.2 Å². The van der Waals surface area contributed by atoms with E-state index < -0.39 is 12.3 Å². The van der Waals surface area contributed by atoms with Crippen LogP contribution in [0.25, 0.3) is 11.3 Å². The van der Waals surface area contributed by atoms with Crippen LogP contribution in [-0.4, -0.2) is 33.8 Å². The molecule has 9 heteroatoms. The van der Waals surface area contributed by atoms with E-state index in [1.54, 1.807) is 24.3 Å². The third kappa shape index (κ3) is 4.39. The Labute approximate surface area is 137 Å². The van der Waals surface area contributed by atoms with Crippen molar-refractivity contribution < 1.29 is 15.0 Å². The van der Waals surface area contributed by atoms with Gasteiger partial charge in [-0.25, -0.2) is 4.79 Å². The normalized spacial score (nSPS) is 12.0. The van der Waals surface area contributed by atoms with E-state index in [4.69, 9.17) is 16.6 Å². The Morgan fingerprint density at radius 2 is 2.04 bits per heavy atom. The number of nitrogens with one attached hydrogen (secondary N) is 2. The zero-order valence-corrected chi connectivity index (χ0v) is 13.1. The second kappa shape index (κ2) is 7.88. The Morgan fingerprint density at radius 1 is 1.35 bits per heavy atom. The van der Waals surface area contributed by atoms with Gasteiger partial charge in [-0.05, 0) is 30.1 Å². The molecule has 1 heterocycles. The number of hydrogen-bond acceptors (Lipinski definition) is 7. The van der Waals surface area contributed by atoms with Crippen molar-refractivity contribution in [1.82, 2.24) is 9.69 Å². The number of nitrogens with two attached hydrogens (primary N) is 2. The summed E-state index contributed by atoms with van der Waals surface area (Å²) < 4.78 is 4.27. The molecular formula is C14H19N5O3S. The highest BCUT2D eigenvalue weighted by Crippen LogP contribution is 2.35. The van der Waals surface area contributed by atoms with Crippen LogP contribution in [0.4, 0.5) is 15.5 Å². The fourth-order valence-corrected chi connectivity index (χ4v) is 2.78. The van der Waals surface area contributed by atoms with Crippen LogP contribution in [0.2, 0.25) is 0 Å². The quantitative estimate of drug-likeness (QED) is 0.262. The van der Waals surface area contributed by atoms with E-state index in [0.29, 0.717) is 34.9 Å². The molecule has 0 fully saturated rings. The first-order chi connectivity index (χ1) is 11.0. The van der Waals surface area contributed by atoms with Gasteiger partial charge >= 0.3 is 6.03 Å². The number of urea groups is 1. The number of nitrogen functional groups attached to an aromatic ring is 1. The number of aromatic nitrogens is 1.